The summed E-state index contributed by atoms with van der Waals surface area (Å²) < 4.78 is 12.0. The number of nitrogens with zero attached hydrogens (tertiary/aromatic N) is 1. The average molecular weight is 522 g/mol. The number of hydrogen-bond acceptors (Lipinski definition) is 5. The molecular formula is C35H27N3O2. The van der Waals surface area contributed by atoms with Crippen LogP contribution in [0.15, 0.2) is 140 Å². The number of nitrogens with two attached hydrogens (primary N) is 2. The smallest absolute Gasteiger partial charge is 0.127 e. The summed E-state index contributed by atoms with van der Waals surface area (Å²) >= 11 is 0. The summed E-state index contributed by atoms with van der Waals surface area (Å²) in [6.45, 7) is 0. The van der Waals surface area contributed by atoms with E-state index in [0.717, 1.165) is 56.6 Å². The molecule has 0 fully saturated rings. The molecule has 0 bridgehead atoms. The Morgan fingerprint density at radius 2 is 0.850 bits per heavy atom. The molecule has 0 aliphatic carbocycles. The van der Waals surface area contributed by atoms with Crippen LogP contribution in [0.4, 0.5) is 11.4 Å². The normalized spacial score (nSPS) is 10.7. The fraction of sp³-hybridized carbons (Fsp3) is 0. The van der Waals surface area contributed by atoms with Gasteiger partial charge in [0.15, 0.2) is 0 Å². The van der Waals surface area contributed by atoms with Gasteiger partial charge in [0.25, 0.3) is 0 Å². The van der Waals surface area contributed by atoms with Gasteiger partial charge < -0.3 is 20.9 Å². The maximum absolute atomic E-state index is 6.00. The molecule has 1 heterocycles. The lowest BCUT2D eigenvalue weighted by atomic mass is 9.98. The summed E-state index contributed by atoms with van der Waals surface area (Å²) in [6.07, 6.45) is 0. The molecule has 1 aromatic heterocycles. The molecule has 4 N–H and O–H groups in total. The van der Waals surface area contributed by atoms with Crippen LogP contribution >= 0.6 is 0 Å². The third kappa shape index (κ3) is 5.64. The Balaban J connectivity index is 1.30. The van der Waals surface area contributed by atoms with Crippen LogP contribution in [0.3, 0.4) is 0 Å². The predicted octanol–water partition coefficient (Wildman–Crippen LogP) is 8.83. The van der Waals surface area contributed by atoms with Crippen LogP contribution in [0, 0.1) is 0 Å². The van der Waals surface area contributed by atoms with Crippen LogP contribution in [0.1, 0.15) is 0 Å². The third-order valence-corrected chi connectivity index (χ3v) is 6.49. The van der Waals surface area contributed by atoms with Crippen molar-refractivity contribution in [1.29, 1.82) is 0 Å². The minimum absolute atomic E-state index is 0.700. The number of anilines is 2. The van der Waals surface area contributed by atoms with E-state index in [4.69, 9.17) is 25.9 Å². The molecule has 0 aliphatic rings. The zero-order valence-electron chi connectivity index (χ0n) is 21.7. The Kier molecular flexibility index (Phi) is 6.84. The van der Waals surface area contributed by atoms with Crippen LogP contribution in [0.25, 0.3) is 33.6 Å². The Hall–Kier alpha value is -5.55. The van der Waals surface area contributed by atoms with Gasteiger partial charge in [-0.1, -0.05) is 36.4 Å². The summed E-state index contributed by atoms with van der Waals surface area (Å²) in [4.78, 5) is 5.13. The number of ether oxygens (including phenoxy) is 2. The van der Waals surface area contributed by atoms with Gasteiger partial charge in [-0.25, -0.2) is 4.98 Å². The molecule has 194 valence electrons. The Morgan fingerprint density at radius 1 is 0.400 bits per heavy atom. The van der Waals surface area contributed by atoms with Crippen LogP contribution in [0.2, 0.25) is 0 Å². The highest BCUT2D eigenvalue weighted by atomic mass is 16.5. The van der Waals surface area contributed by atoms with Gasteiger partial charge in [0.05, 0.1) is 11.4 Å². The van der Waals surface area contributed by atoms with Crippen molar-refractivity contribution < 1.29 is 9.47 Å². The van der Waals surface area contributed by atoms with E-state index in [1.165, 1.54) is 0 Å². The fourth-order valence-electron chi connectivity index (χ4n) is 4.41. The lowest BCUT2D eigenvalue weighted by Gasteiger charge is -2.13. The zero-order chi connectivity index (χ0) is 27.3. The molecule has 0 saturated carbocycles. The number of nitrogen functional groups attached to an aromatic ring is 2. The lowest BCUT2D eigenvalue weighted by molar-refractivity contribution is 0.482. The molecule has 5 heteroatoms. The standard InChI is InChI=1S/C35H27N3O2/c36-27-10-18-31(19-11-27)39-29-14-6-25(7-15-29)34-23-22-33(24-4-2-1-3-5-24)35(38-34)26-8-16-30(17-9-26)40-32-20-12-28(37)13-21-32/h1-23H,36-37H2. The van der Waals surface area contributed by atoms with Crippen molar-refractivity contribution in [3.63, 3.8) is 0 Å². The van der Waals surface area contributed by atoms with Gasteiger partial charge >= 0.3 is 0 Å². The molecule has 0 spiro atoms. The second kappa shape index (κ2) is 11.1. The zero-order valence-corrected chi connectivity index (χ0v) is 21.7. The molecule has 6 rings (SSSR count). The Bertz CT molecular complexity index is 1710. The van der Waals surface area contributed by atoms with Gasteiger partial charge in [-0.2, -0.15) is 0 Å². The van der Waals surface area contributed by atoms with Crippen LogP contribution in [-0.4, -0.2) is 4.98 Å². The highest BCUT2D eigenvalue weighted by Gasteiger charge is 2.12. The Labute approximate surface area is 233 Å². The van der Waals surface area contributed by atoms with Gasteiger partial charge in [-0.15, -0.1) is 0 Å². The van der Waals surface area contributed by atoms with Crippen LogP contribution in [-0.2, 0) is 0 Å². The molecule has 0 saturated heterocycles. The van der Waals surface area contributed by atoms with Gasteiger partial charge in [0, 0.05) is 28.1 Å². The van der Waals surface area contributed by atoms with Gasteiger partial charge in [0.2, 0.25) is 0 Å². The van der Waals surface area contributed by atoms with E-state index >= 15 is 0 Å². The third-order valence-electron chi connectivity index (χ3n) is 6.49. The molecule has 0 unspecified atom stereocenters. The Morgan fingerprint density at radius 3 is 1.35 bits per heavy atom. The monoisotopic (exact) mass is 521 g/mol. The SMILES string of the molecule is Nc1ccc(Oc2ccc(-c3ccc(-c4ccccc4)c(-c4ccc(Oc5ccc(N)cc5)cc4)n3)cc2)cc1. The van der Waals surface area contributed by atoms with E-state index in [0.29, 0.717) is 11.4 Å². The number of benzene rings is 5. The minimum Gasteiger partial charge on any atom is -0.457 e. The highest BCUT2D eigenvalue weighted by molar-refractivity contribution is 5.83. The molecule has 0 aliphatic heterocycles. The molecule has 6 aromatic rings. The first-order valence-corrected chi connectivity index (χ1v) is 12.9. The molecular weight excluding hydrogens is 494 g/mol. The van der Waals surface area contributed by atoms with Crippen molar-refractivity contribution >= 4 is 11.4 Å². The summed E-state index contributed by atoms with van der Waals surface area (Å²) in [5.41, 5.74) is 18.9. The second-order valence-electron chi connectivity index (χ2n) is 9.35. The first-order valence-electron chi connectivity index (χ1n) is 12.9. The van der Waals surface area contributed by atoms with E-state index < -0.39 is 0 Å². The summed E-state index contributed by atoms with van der Waals surface area (Å²) in [5, 5.41) is 0. The van der Waals surface area contributed by atoms with Crippen molar-refractivity contribution in [1.82, 2.24) is 4.98 Å². The predicted molar refractivity (Wildman–Crippen MR) is 162 cm³/mol. The minimum atomic E-state index is 0.700. The molecule has 40 heavy (non-hydrogen) atoms. The van der Waals surface area contributed by atoms with Crippen molar-refractivity contribution in [3.8, 4) is 56.6 Å². The summed E-state index contributed by atoms with van der Waals surface area (Å²) in [7, 11) is 0. The van der Waals surface area contributed by atoms with Gasteiger partial charge in [-0.05, 0) is 109 Å². The maximum atomic E-state index is 6.00. The number of pyridine rings is 1. The summed E-state index contributed by atoms with van der Waals surface area (Å²) in [5.74, 6) is 2.95. The largest absolute Gasteiger partial charge is 0.457 e. The van der Waals surface area contributed by atoms with Gasteiger partial charge in [-0.3, -0.25) is 0 Å². The first kappa shape index (κ1) is 24.8. The molecule has 0 radical (unpaired) electrons. The van der Waals surface area contributed by atoms with Crippen LogP contribution in [0.5, 0.6) is 23.0 Å². The number of hydrogen-bond donors (Lipinski definition) is 2. The van der Waals surface area contributed by atoms with Crippen molar-refractivity contribution in [2.24, 2.45) is 0 Å². The van der Waals surface area contributed by atoms with Crippen LogP contribution < -0.4 is 20.9 Å². The average Bonchev–Trinajstić information content (AvgIpc) is 3.00. The van der Waals surface area contributed by atoms with E-state index in [2.05, 4.69) is 24.3 Å². The van der Waals surface area contributed by atoms with E-state index in [-0.39, 0.29) is 0 Å². The van der Waals surface area contributed by atoms with Gasteiger partial charge in [0.1, 0.15) is 23.0 Å². The molecule has 5 aromatic carbocycles. The highest BCUT2D eigenvalue weighted by Crippen LogP contribution is 2.35. The van der Waals surface area contributed by atoms with Crippen molar-refractivity contribution in [2.45, 2.75) is 0 Å². The molecule has 0 amide bonds. The molecule has 0 atom stereocenters. The number of rotatable bonds is 7. The number of aromatic nitrogens is 1. The van der Waals surface area contributed by atoms with E-state index in [1.54, 1.807) is 0 Å². The second-order valence-corrected chi connectivity index (χ2v) is 9.35. The maximum Gasteiger partial charge on any atom is 0.127 e. The summed E-state index contributed by atoms with van der Waals surface area (Å²) in [6, 6.07) is 45.1. The van der Waals surface area contributed by atoms with E-state index in [1.807, 2.05) is 115 Å². The topological polar surface area (TPSA) is 83.4 Å². The first-order chi connectivity index (χ1) is 19.6. The lowest BCUT2D eigenvalue weighted by Crippen LogP contribution is -1.93. The fourth-order valence-corrected chi connectivity index (χ4v) is 4.41. The molecule has 5 nitrogen and oxygen atoms in total. The quantitative estimate of drug-likeness (QED) is 0.205. The van der Waals surface area contributed by atoms with E-state index in [9.17, 15) is 0 Å². The van der Waals surface area contributed by atoms with Crippen molar-refractivity contribution in [2.75, 3.05) is 11.5 Å². The van der Waals surface area contributed by atoms with Crippen molar-refractivity contribution in [3.05, 3.63) is 140 Å².